The quantitative estimate of drug-likeness (QED) is 0.517. The summed E-state index contributed by atoms with van der Waals surface area (Å²) < 4.78 is 4.74. The Kier molecular flexibility index (Phi) is 6.60. The number of hydrogen-bond acceptors (Lipinski definition) is 5. The number of nitrogens with one attached hydrogen (secondary N) is 1. The molecule has 2 aromatic carbocycles. The molecule has 0 fully saturated rings. The number of carbonyl (C=O) groups excluding carboxylic acids is 3. The molecule has 6 nitrogen and oxygen atoms in total. The van der Waals surface area contributed by atoms with Gasteiger partial charge in [-0.05, 0) is 53.3 Å². The molecule has 2 atom stereocenters. The Morgan fingerprint density at radius 2 is 1.79 bits per heavy atom. The van der Waals surface area contributed by atoms with E-state index >= 15 is 0 Å². The molecule has 1 aliphatic rings. The predicted octanol–water partition coefficient (Wildman–Crippen LogP) is 5.11. The minimum Gasteiger partial charge on any atom is -0.465 e. The van der Waals surface area contributed by atoms with Crippen molar-refractivity contribution in [1.82, 2.24) is 4.90 Å². The van der Waals surface area contributed by atoms with Crippen LogP contribution in [0.4, 0.5) is 5.69 Å². The fourth-order valence-corrected chi connectivity index (χ4v) is 5.15. The number of benzene rings is 2. The zero-order valence-electron chi connectivity index (χ0n) is 18.8. The first-order valence-electron chi connectivity index (χ1n) is 10.8. The first kappa shape index (κ1) is 22.7. The molecule has 33 heavy (non-hydrogen) atoms. The summed E-state index contributed by atoms with van der Waals surface area (Å²) >= 11 is 1.55. The largest absolute Gasteiger partial charge is 0.465 e. The maximum Gasteiger partial charge on any atom is 0.337 e. The summed E-state index contributed by atoms with van der Waals surface area (Å²) in [5, 5.41) is 4.96. The van der Waals surface area contributed by atoms with Gasteiger partial charge in [0.1, 0.15) is 0 Å². The zero-order valence-corrected chi connectivity index (χ0v) is 19.6. The van der Waals surface area contributed by atoms with Crippen LogP contribution >= 0.6 is 11.3 Å². The van der Waals surface area contributed by atoms with Crippen molar-refractivity contribution in [2.75, 3.05) is 19.0 Å². The summed E-state index contributed by atoms with van der Waals surface area (Å²) in [4.78, 5) is 41.7. The molecule has 0 radical (unpaired) electrons. The number of nitrogens with zero attached hydrogens (tertiary/aromatic N) is 1. The van der Waals surface area contributed by atoms with E-state index in [9.17, 15) is 14.4 Å². The molecular formula is C26H26N2O4S. The van der Waals surface area contributed by atoms with Crippen molar-refractivity contribution < 1.29 is 19.1 Å². The Morgan fingerprint density at radius 3 is 2.42 bits per heavy atom. The lowest BCUT2D eigenvalue weighted by molar-refractivity contribution is -0.119. The van der Waals surface area contributed by atoms with Crippen molar-refractivity contribution in [2.24, 2.45) is 5.92 Å². The van der Waals surface area contributed by atoms with Crippen LogP contribution in [0, 0.1) is 5.92 Å². The zero-order chi connectivity index (χ0) is 23.5. The molecule has 1 aliphatic heterocycles. The van der Waals surface area contributed by atoms with Crippen LogP contribution in [0.5, 0.6) is 0 Å². The van der Waals surface area contributed by atoms with Crippen molar-refractivity contribution in [3.8, 4) is 0 Å². The molecule has 1 aromatic heterocycles. The van der Waals surface area contributed by atoms with Crippen molar-refractivity contribution in [3.05, 3.63) is 87.6 Å². The van der Waals surface area contributed by atoms with Crippen LogP contribution in [0.15, 0.2) is 66.0 Å². The topological polar surface area (TPSA) is 75.7 Å². The molecule has 0 aliphatic carbocycles. The highest BCUT2D eigenvalue weighted by Crippen LogP contribution is 2.44. The summed E-state index contributed by atoms with van der Waals surface area (Å²) in [6, 6.07) is 17.5. The monoisotopic (exact) mass is 462 g/mol. The summed E-state index contributed by atoms with van der Waals surface area (Å²) in [6.45, 7) is 4.68. The minimum absolute atomic E-state index is 0.0517. The highest BCUT2D eigenvalue weighted by atomic mass is 32.1. The molecule has 2 amide bonds. The van der Waals surface area contributed by atoms with Gasteiger partial charge in [0.2, 0.25) is 5.91 Å². The van der Waals surface area contributed by atoms with E-state index in [4.69, 9.17) is 4.74 Å². The fourth-order valence-electron chi connectivity index (χ4n) is 4.27. The molecule has 0 bridgehead atoms. The molecule has 0 unspecified atom stereocenters. The third-order valence-electron chi connectivity index (χ3n) is 5.69. The molecule has 1 N–H and O–H groups in total. The second kappa shape index (κ2) is 9.58. The van der Waals surface area contributed by atoms with Gasteiger partial charge in [0.25, 0.3) is 5.91 Å². The predicted molar refractivity (Wildman–Crippen MR) is 129 cm³/mol. The van der Waals surface area contributed by atoms with E-state index in [1.54, 1.807) is 41.7 Å². The van der Waals surface area contributed by atoms with Gasteiger partial charge in [0.15, 0.2) is 0 Å². The number of hydrogen-bond donors (Lipinski definition) is 1. The smallest absolute Gasteiger partial charge is 0.337 e. The van der Waals surface area contributed by atoms with Crippen molar-refractivity contribution in [2.45, 2.75) is 25.8 Å². The normalized spacial score (nSPS) is 17.6. The van der Waals surface area contributed by atoms with E-state index in [1.165, 1.54) is 7.11 Å². The molecule has 0 spiro atoms. The summed E-state index contributed by atoms with van der Waals surface area (Å²) in [7, 11) is 1.33. The first-order valence-corrected chi connectivity index (χ1v) is 11.7. The number of fused-ring (bicyclic) bond motifs is 1. The summed E-state index contributed by atoms with van der Waals surface area (Å²) in [6.07, 6.45) is 0. The Morgan fingerprint density at radius 1 is 1.06 bits per heavy atom. The molecule has 0 saturated carbocycles. The molecule has 0 saturated heterocycles. The lowest BCUT2D eigenvalue weighted by Crippen LogP contribution is -2.47. The van der Waals surface area contributed by atoms with Crippen molar-refractivity contribution >= 4 is 34.8 Å². The number of carbonyl (C=O) groups is 3. The van der Waals surface area contributed by atoms with Crippen LogP contribution in [-0.2, 0) is 9.53 Å². The van der Waals surface area contributed by atoms with E-state index < -0.39 is 17.9 Å². The number of methoxy groups -OCH3 is 1. The van der Waals surface area contributed by atoms with Crippen LogP contribution in [0.3, 0.4) is 0 Å². The lowest BCUT2D eigenvalue weighted by atomic mass is 9.81. The van der Waals surface area contributed by atoms with Gasteiger partial charge >= 0.3 is 5.97 Å². The highest BCUT2D eigenvalue weighted by Gasteiger charge is 2.44. The van der Waals surface area contributed by atoms with Gasteiger partial charge in [-0.25, -0.2) is 4.79 Å². The Bertz CT molecular complexity index is 1160. The Labute approximate surface area is 197 Å². The average molecular weight is 463 g/mol. The SMILES string of the molecule is COC(=O)c1ccc(NC(=O)[C@@H]2c3ccccc3C(=O)N(CC(C)C)[C@H]2c2cccs2)cc1. The van der Waals surface area contributed by atoms with Crippen LogP contribution in [0.2, 0.25) is 0 Å². The van der Waals surface area contributed by atoms with E-state index in [2.05, 4.69) is 19.2 Å². The van der Waals surface area contributed by atoms with Gasteiger partial charge in [-0.2, -0.15) is 0 Å². The molecule has 7 heteroatoms. The fraction of sp³-hybridized carbons (Fsp3) is 0.269. The minimum atomic E-state index is -0.573. The van der Waals surface area contributed by atoms with Gasteiger partial charge in [-0.1, -0.05) is 38.1 Å². The van der Waals surface area contributed by atoms with Gasteiger partial charge in [-0.3, -0.25) is 9.59 Å². The highest BCUT2D eigenvalue weighted by molar-refractivity contribution is 7.10. The number of rotatable bonds is 6. The van der Waals surface area contributed by atoms with Gasteiger partial charge in [-0.15, -0.1) is 11.3 Å². The van der Waals surface area contributed by atoms with Crippen molar-refractivity contribution in [3.63, 3.8) is 0 Å². The third kappa shape index (κ3) is 4.54. The summed E-state index contributed by atoms with van der Waals surface area (Å²) in [5.74, 6) is -1.01. The van der Waals surface area contributed by atoms with E-state index in [0.717, 1.165) is 10.4 Å². The second-order valence-corrected chi connectivity index (χ2v) is 9.41. The molecule has 170 valence electrons. The maximum absolute atomic E-state index is 13.7. The number of ether oxygens (including phenoxy) is 1. The van der Waals surface area contributed by atoms with Gasteiger partial charge in [0, 0.05) is 22.7 Å². The number of thiophene rings is 1. The first-order chi connectivity index (χ1) is 15.9. The molecule has 2 heterocycles. The van der Waals surface area contributed by atoms with E-state index in [1.807, 2.05) is 40.6 Å². The number of esters is 1. The van der Waals surface area contributed by atoms with E-state index in [-0.39, 0.29) is 17.7 Å². The molecule has 3 aromatic rings. The summed E-state index contributed by atoms with van der Waals surface area (Å²) in [5.41, 5.74) is 2.27. The number of amides is 2. The van der Waals surface area contributed by atoms with Crippen LogP contribution < -0.4 is 5.32 Å². The standard InChI is InChI=1S/C26H26N2O4S/c1-16(2)15-28-23(21-9-6-14-33-21)22(19-7-4-5-8-20(19)25(28)30)24(29)27-18-12-10-17(11-13-18)26(31)32-3/h4-14,16,22-23H,15H2,1-3H3,(H,27,29)/t22-,23+/m1/s1. The Hall–Kier alpha value is -3.45. The molecular weight excluding hydrogens is 436 g/mol. The van der Waals surface area contributed by atoms with Gasteiger partial charge < -0.3 is 15.0 Å². The molecule has 4 rings (SSSR count). The second-order valence-electron chi connectivity index (χ2n) is 8.43. The van der Waals surface area contributed by atoms with Crippen LogP contribution in [0.1, 0.15) is 57.0 Å². The van der Waals surface area contributed by atoms with Crippen LogP contribution in [-0.4, -0.2) is 36.3 Å². The average Bonchev–Trinajstić information content (AvgIpc) is 3.35. The van der Waals surface area contributed by atoms with Gasteiger partial charge in [0.05, 0.1) is 24.6 Å². The lowest BCUT2D eigenvalue weighted by Gasteiger charge is -2.42. The van der Waals surface area contributed by atoms with Crippen LogP contribution in [0.25, 0.3) is 0 Å². The maximum atomic E-state index is 13.7. The third-order valence-corrected chi connectivity index (χ3v) is 6.63. The number of anilines is 1. The van der Waals surface area contributed by atoms with E-state index in [0.29, 0.717) is 23.4 Å². The Balaban J connectivity index is 1.74. The van der Waals surface area contributed by atoms with Crippen molar-refractivity contribution in [1.29, 1.82) is 0 Å².